The number of carbonyl (C=O) groups excluding carboxylic acids is 1. The van der Waals surface area contributed by atoms with Gasteiger partial charge in [-0.15, -0.1) is 0 Å². The highest BCUT2D eigenvalue weighted by Crippen LogP contribution is 2.36. The van der Waals surface area contributed by atoms with Crippen LogP contribution in [0.3, 0.4) is 0 Å². The Hall–Kier alpha value is -2.30. The fraction of sp³-hybridized carbons (Fsp3) is 0.444. The summed E-state index contributed by atoms with van der Waals surface area (Å²) in [6.45, 7) is 0. The van der Waals surface area contributed by atoms with Crippen molar-refractivity contribution in [1.82, 2.24) is 9.78 Å². The van der Waals surface area contributed by atoms with Crippen LogP contribution in [0.25, 0.3) is 5.69 Å². The second-order valence-corrected chi connectivity index (χ2v) is 5.88. The molecule has 1 fully saturated rings. The second-order valence-electron chi connectivity index (χ2n) is 5.88. The van der Waals surface area contributed by atoms with Gasteiger partial charge >= 0.3 is 5.97 Å². The lowest BCUT2D eigenvalue weighted by Crippen LogP contribution is -2.15. The van der Waals surface area contributed by atoms with Gasteiger partial charge < -0.3 is 9.47 Å². The molecule has 1 heterocycles. The number of nitrogens with zero attached hydrogens (tertiary/aromatic N) is 2. The maximum Gasteiger partial charge on any atom is 0.341 e. The van der Waals surface area contributed by atoms with E-state index in [1.165, 1.54) is 26.4 Å². The van der Waals surface area contributed by atoms with Crippen molar-refractivity contribution in [2.45, 2.75) is 38.0 Å². The second kappa shape index (κ2) is 6.86. The molecule has 0 amide bonds. The third kappa shape index (κ3) is 3.09. The minimum Gasteiger partial charge on any atom is -0.497 e. The SMILES string of the molecule is COC(=O)c1cnn(-c2cccc(OC)c2)c1C1CCCCC1. The smallest absolute Gasteiger partial charge is 0.341 e. The largest absolute Gasteiger partial charge is 0.497 e. The highest BCUT2D eigenvalue weighted by molar-refractivity contribution is 5.90. The molecule has 1 aliphatic rings. The Labute approximate surface area is 136 Å². The molecular weight excluding hydrogens is 292 g/mol. The summed E-state index contributed by atoms with van der Waals surface area (Å²) in [4.78, 5) is 12.1. The summed E-state index contributed by atoms with van der Waals surface area (Å²) >= 11 is 0. The maximum absolute atomic E-state index is 12.1. The van der Waals surface area contributed by atoms with Gasteiger partial charge in [0.05, 0.1) is 31.8 Å². The van der Waals surface area contributed by atoms with Crippen LogP contribution >= 0.6 is 0 Å². The summed E-state index contributed by atoms with van der Waals surface area (Å²) < 4.78 is 12.1. The van der Waals surface area contributed by atoms with Crippen molar-refractivity contribution in [2.24, 2.45) is 0 Å². The van der Waals surface area contributed by atoms with Crippen LogP contribution in [0.5, 0.6) is 5.75 Å². The number of esters is 1. The normalized spacial score (nSPS) is 15.4. The molecule has 2 aromatic rings. The minimum absolute atomic E-state index is 0.320. The van der Waals surface area contributed by atoms with Gasteiger partial charge in [0, 0.05) is 12.0 Å². The number of methoxy groups -OCH3 is 2. The van der Waals surface area contributed by atoms with Gasteiger partial charge in [-0.3, -0.25) is 0 Å². The highest BCUT2D eigenvalue weighted by Gasteiger charge is 2.27. The Balaban J connectivity index is 2.08. The fourth-order valence-electron chi connectivity index (χ4n) is 3.34. The van der Waals surface area contributed by atoms with E-state index >= 15 is 0 Å². The summed E-state index contributed by atoms with van der Waals surface area (Å²) in [7, 11) is 3.06. The van der Waals surface area contributed by atoms with Crippen LogP contribution in [-0.2, 0) is 4.74 Å². The first-order valence-electron chi connectivity index (χ1n) is 8.05. The zero-order chi connectivity index (χ0) is 16.2. The van der Waals surface area contributed by atoms with E-state index in [1.807, 2.05) is 28.9 Å². The lowest BCUT2D eigenvalue weighted by atomic mass is 9.85. The predicted octanol–water partition coefficient (Wildman–Crippen LogP) is 3.72. The molecule has 5 nitrogen and oxygen atoms in total. The van der Waals surface area contributed by atoms with E-state index in [0.29, 0.717) is 11.5 Å². The first-order valence-corrected chi connectivity index (χ1v) is 8.05. The summed E-state index contributed by atoms with van der Waals surface area (Å²) in [5, 5.41) is 4.47. The van der Waals surface area contributed by atoms with Gasteiger partial charge in [-0.05, 0) is 25.0 Å². The summed E-state index contributed by atoms with van der Waals surface area (Å²) in [6.07, 6.45) is 7.43. The highest BCUT2D eigenvalue weighted by atomic mass is 16.5. The number of aromatic nitrogens is 2. The van der Waals surface area contributed by atoms with E-state index in [9.17, 15) is 4.79 Å². The maximum atomic E-state index is 12.1. The van der Waals surface area contributed by atoms with E-state index in [2.05, 4.69) is 5.10 Å². The number of hydrogen-bond acceptors (Lipinski definition) is 4. The van der Waals surface area contributed by atoms with Gasteiger partial charge in [-0.2, -0.15) is 5.10 Å². The quantitative estimate of drug-likeness (QED) is 0.807. The molecule has 3 rings (SSSR count). The molecule has 0 atom stereocenters. The van der Waals surface area contributed by atoms with Gasteiger partial charge in [0.1, 0.15) is 11.3 Å². The zero-order valence-corrected chi connectivity index (χ0v) is 13.6. The number of hydrogen-bond donors (Lipinski definition) is 0. The van der Waals surface area contributed by atoms with Crippen LogP contribution in [0.4, 0.5) is 0 Å². The van der Waals surface area contributed by atoms with Crippen LogP contribution in [0, 0.1) is 0 Å². The molecule has 0 saturated heterocycles. The monoisotopic (exact) mass is 314 g/mol. The number of rotatable bonds is 4. The van der Waals surface area contributed by atoms with Crippen LogP contribution in [0.15, 0.2) is 30.5 Å². The van der Waals surface area contributed by atoms with Gasteiger partial charge in [-0.1, -0.05) is 25.3 Å². The number of ether oxygens (including phenoxy) is 2. The Morgan fingerprint density at radius 1 is 1.22 bits per heavy atom. The molecule has 5 heteroatoms. The lowest BCUT2D eigenvalue weighted by Gasteiger charge is -2.23. The Kier molecular flexibility index (Phi) is 4.65. The molecule has 122 valence electrons. The summed E-state index contributed by atoms with van der Waals surface area (Å²) in [5.41, 5.74) is 2.44. The molecule has 0 unspecified atom stereocenters. The van der Waals surface area contributed by atoms with Gasteiger partial charge in [0.25, 0.3) is 0 Å². The van der Waals surface area contributed by atoms with E-state index in [0.717, 1.165) is 30.0 Å². The van der Waals surface area contributed by atoms with Crippen molar-refractivity contribution in [1.29, 1.82) is 0 Å². The molecule has 1 saturated carbocycles. The van der Waals surface area contributed by atoms with Crippen molar-refractivity contribution >= 4 is 5.97 Å². The summed E-state index contributed by atoms with van der Waals surface area (Å²) in [6, 6.07) is 7.73. The third-order valence-corrected chi connectivity index (χ3v) is 4.50. The third-order valence-electron chi connectivity index (χ3n) is 4.50. The average molecular weight is 314 g/mol. The first-order chi connectivity index (χ1) is 11.2. The Bertz CT molecular complexity index is 687. The van der Waals surface area contributed by atoms with Crippen molar-refractivity contribution in [2.75, 3.05) is 14.2 Å². The molecule has 0 aliphatic heterocycles. The molecule has 1 aromatic heterocycles. The molecule has 1 aromatic carbocycles. The molecule has 0 N–H and O–H groups in total. The molecular formula is C18H22N2O3. The minimum atomic E-state index is -0.320. The molecule has 0 bridgehead atoms. The first kappa shape index (κ1) is 15.6. The topological polar surface area (TPSA) is 53.3 Å². The Morgan fingerprint density at radius 3 is 2.70 bits per heavy atom. The fourth-order valence-corrected chi connectivity index (χ4v) is 3.34. The average Bonchev–Trinajstić information content (AvgIpc) is 3.07. The van der Waals surface area contributed by atoms with E-state index in [-0.39, 0.29) is 5.97 Å². The van der Waals surface area contributed by atoms with Gasteiger partial charge in [-0.25, -0.2) is 9.48 Å². The summed E-state index contributed by atoms with van der Waals surface area (Å²) in [5.74, 6) is 0.790. The van der Waals surface area contributed by atoms with Crippen LogP contribution < -0.4 is 4.74 Å². The molecule has 23 heavy (non-hydrogen) atoms. The van der Waals surface area contributed by atoms with Crippen LogP contribution in [-0.4, -0.2) is 30.0 Å². The number of carbonyl (C=O) groups is 1. The standard InChI is InChI=1S/C18H22N2O3/c1-22-15-10-6-9-14(11-15)20-17(13-7-4-3-5-8-13)16(12-19-20)18(21)23-2/h6,9-13H,3-5,7-8H2,1-2H3. The van der Waals surface area contributed by atoms with Crippen molar-refractivity contribution in [3.05, 3.63) is 41.7 Å². The van der Waals surface area contributed by atoms with Crippen LogP contribution in [0.2, 0.25) is 0 Å². The molecule has 0 spiro atoms. The van der Waals surface area contributed by atoms with Crippen molar-refractivity contribution < 1.29 is 14.3 Å². The van der Waals surface area contributed by atoms with Gasteiger partial charge in [0.2, 0.25) is 0 Å². The van der Waals surface area contributed by atoms with Gasteiger partial charge in [0.15, 0.2) is 0 Å². The van der Waals surface area contributed by atoms with Crippen molar-refractivity contribution in [3.8, 4) is 11.4 Å². The van der Waals surface area contributed by atoms with Crippen LogP contribution in [0.1, 0.15) is 54.1 Å². The van der Waals surface area contributed by atoms with E-state index in [4.69, 9.17) is 9.47 Å². The molecule has 1 aliphatic carbocycles. The Morgan fingerprint density at radius 2 is 2.00 bits per heavy atom. The predicted molar refractivity (Wildman–Crippen MR) is 87.3 cm³/mol. The number of benzene rings is 1. The van der Waals surface area contributed by atoms with E-state index < -0.39 is 0 Å². The zero-order valence-electron chi connectivity index (χ0n) is 13.6. The lowest BCUT2D eigenvalue weighted by molar-refractivity contribution is 0.0598. The van der Waals surface area contributed by atoms with Crippen molar-refractivity contribution in [3.63, 3.8) is 0 Å². The molecule has 0 radical (unpaired) electrons. The van der Waals surface area contributed by atoms with E-state index in [1.54, 1.807) is 13.3 Å².